The van der Waals surface area contributed by atoms with E-state index in [-0.39, 0.29) is 31.6 Å². The van der Waals surface area contributed by atoms with Gasteiger partial charge in [-0.1, -0.05) is 195 Å². The molecule has 0 aromatic heterocycles. The smallest absolute Gasteiger partial charge is 0.309 e. The molecule has 0 saturated heterocycles. The van der Waals surface area contributed by atoms with E-state index < -0.39 is 12.1 Å². The van der Waals surface area contributed by atoms with E-state index in [0.29, 0.717) is 12.8 Å². The molecule has 0 fully saturated rings. The predicted octanol–water partition coefficient (Wildman–Crippen LogP) is 16.2. The Kier molecular flexibility index (Phi) is 46.0. The van der Waals surface area contributed by atoms with Gasteiger partial charge in [-0.05, 0) is 96.3 Å². The highest BCUT2D eigenvalue weighted by Crippen LogP contribution is 2.13. The van der Waals surface area contributed by atoms with E-state index in [0.717, 1.165) is 116 Å². The van der Waals surface area contributed by atoms with Crippen LogP contribution in [0.5, 0.6) is 0 Å². The number of rotatable bonds is 43. The number of hydrogen-bond acceptors (Lipinski definition) is 6. The second kappa shape index (κ2) is 49.0. The summed E-state index contributed by atoms with van der Waals surface area (Å²) in [6, 6.07) is 0. The van der Waals surface area contributed by atoms with Gasteiger partial charge in [0.05, 0.1) is 6.42 Å². The molecule has 0 aromatic carbocycles. The van der Waals surface area contributed by atoms with Crippen molar-refractivity contribution in [3.8, 4) is 0 Å². The Balaban J connectivity index is 4.55. The van der Waals surface area contributed by atoms with Gasteiger partial charge in [-0.25, -0.2) is 0 Å². The average molecular weight is 847 g/mol. The summed E-state index contributed by atoms with van der Waals surface area (Å²) in [5, 5.41) is 0. The fourth-order valence-electron chi connectivity index (χ4n) is 6.37. The number of carbonyl (C=O) groups excluding carboxylic acids is 3. The Hall–Kier alpha value is -3.67. The molecule has 0 aromatic rings. The van der Waals surface area contributed by atoms with E-state index in [2.05, 4.69) is 106 Å². The fourth-order valence-corrected chi connectivity index (χ4v) is 6.37. The van der Waals surface area contributed by atoms with Gasteiger partial charge in [0.1, 0.15) is 13.2 Å². The van der Waals surface area contributed by atoms with E-state index in [1.165, 1.54) is 57.8 Å². The highest BCUT2D eigenvalue weighted by atomic mass is 16.6. The molecular weight excluding hydrogens is 757 g/mol. The molecule has 1 atom stereocenters. The minimum absolute atomic E-state index is 0.119. The third kappa shape index (κ3) is 47.2. The van der Waals surface area contributed by atoms with Crippen LogP contribution in [0.15, 0.2) is 97.2 Å². The number of carbonyl (C=O) groups is 3. The van der Waals surface area contributed by atoms with E-state index >= 15 is 0 Å². The lowest BCUT2D eigenvalue weighted by molar-refractivity contribution is -0.166. The van der Waals surface area contributed by atoms with Gasteiger partial charge in [0.2, 0.25) is 0 Å². The molecule has 0 aliphatic heterocycles. The van der Waals surface area contributed by atoms with Crippen molar-refractivity contribution < 1.29 is 28.6 Å². The van der Waals surface area contributed by atoms with E-state index in [4.69, 9.17) is 14.2 Å². The van der Waals surface area contributed by atoms with Crippen molar-refractivity contribution in [2.24, 2.45) is 0 Å². The lowest BCUT2D eigenvalue weighted by Gasteiger charge is -2.18. The first-order chi connectivity index (χ1) is 30.0. The molecule has 0 heterocycles. The van der Waals surface area contributed by atoms with Gasteiger partial charge in [0.15, 0.2) is 6.10 Å². The molecule has 0 saturated carbocycles. The van der Waals surface area contributed by atoms with Crippen molar-refractivity contribution in [3.05, 3.63) is 97.2 Å². The lowest BCUT2D eigenvalue weighted by Crippen LogP contribution is -2.30. The molecule has 0 amide bonds. The highest BCUT2D eigenvalue weighted by Gasteiger charge is 2.19. The van der Waals surface area contributed by atoms with Crippen molar-refractivity contribution in [2.45, 2.75) is 219 Å². The monoisotopic (exact) mass is 847 g/mol. The van der Waals surface area contributed by atoms with Crippen LogP contribution in [0.4, 0.5) is 0 Å². The molecule has 1 unspecified atom stereocenters. The zero-order valence-corrected chi connectivity index (χ0v) is 39.4. The summed E-state index contributed by atoms with van der Waals surface area (Å²) in [4.78, 5) is 37.8. The molecular formula is C55H90O6. The van der Waals surface area contributed by atoms with Crippen LogP contribution in [-0.2, 0) is 28.6 Å². The first kappa shape index (κ1) is 57.3. The Morgan fingerprint density at radius 3 is 1.23 bits per heavy atom. The summed E-state index contributed by atoms with van der Waals surface area (Å²) in [7, 11) is 0. The number of hydrogen-bond donors (Lipinski definition) is 0. The topological polar surface area (TPSA) is 78.9 Å². The van der Waals surface area contributed by atoms with Crippen LogP contribution in [0.3, 0.4) is 0 Å². The zero-order valence-electron chi connectivity index (χ0n) is 39.4. The molecule has 0 rings (SSSR count). The quantitative estimate of drug-likeness (QED) is 0.0263. The second-order valence-electron chi connectivity index (χ2n) is 16.0. The largest absolute Gasteiger partial charge is 0.462 e. The molecule has 0 aliphatic carbocycles. The number of esters is 3. The molecule has 0 bridgehead atoms. The van der Waals surface area contributed by atoms with Crippen LogP contribution in [0.1, 0.15) is 213 Å². The van der Waals surface area contributed by atoms with Crippen LogP contribution in [0, 0.1) is 0 Å². The number of unbranched alkanes of at least 4 members (excludes halogenated alkanes) is 17. The summed E-state index contributed by atoms with van der Waals surface area (Å²) in [5.41, 5.74) is 0. The van der Waals surface area contributed by atoms with Crippen LogP contribution in [0.25, 0.3) is 0 Å². The van der Waals surface area contributed by atoms with E-state index in [9.17, 15) is 14.4 Å². The third-order valence-corrected chi connectivity index (χ3v) is 10.1. The maximum absolute atomic E-state index is 12.8. The maximum Gasteiger partial charge on any atom is 0.309 e. The first-order valence-corrected chi connectivity index (χ1v) is 24.7. The maximum atomic E-state index is 12.8. The molecule has 0 spiro atoms. The summed E-state index contributed by atoms with van der Waals surface area (Å²) >= 11 is 0. The highest BCUT2D eigenvalue weighted by molar-refractivity contribution is 5.72. The molecule has 346 valence electrons. The Morgan fingerprint density at radius 2 is 0.738 bits per heavy atom. The summed E-state index contributed by atoms with van der Waals surface area (Å²) in [6.45, 7) is 6.33. The van der Waals surface area contributed by atoms with Gasteiger partial charge < -0.3 is 14.2 Å². The minimum atomic E-state index is -0.827. The SMILES string of the molecule is CC/C=C\C/C=C\C/C=C\C/C=C\C/C=C\CC(=O)OCC(COC(=O)CCCCCCC/C=C\C/C=C\CCC)OC(=O)CCCCCCC/C=C\CCCCCCCC. The summed E-state index contributed by atoms with van der Waals surface area (Å²) in [5.74, 6) is -1.08. The van der Waals surface area contributed by atoms with Gasteiger partial charge >= 0.3 is 17.9 Å². The number of allylic oxidation sites excluding steroid dienone is 15. The van der Waals surface area contributed by atoms with Gasteiger partial charge in [-0.3, -0.25) is 14.4 Å². The summed E-state index contributed by atoms with van der Waals surface area (Å²) in [6.07, 6.45) is 64.1. The van der Waals surface area contributed by atoms with Gasteiger partial charge in [0.25, 0.3) is 0 Å². The van der Waals surface area contributed by atoms with Crippen molar-refractivity contribution >= 4 is 17.9 Å². The Labute approximate surface area is 375 Å². The van der Waals surface area contributed by atoms with Crippen molar-refractivity contribution in [3.63, 3.8) is 0 Å². The molecule has 0 N–H and O–H groups in total. The first-order valence-electron chi connectivity index (χ1n) is 24.7. The predicted molar refractivity (Wildman–Crippen MR) is 260 cm³/mol. The van der Waals surface area contributed by atoms with Crippen molar-refractivity contribution in [1.29, 1.82) is 0 Å². The molecule has 0 radical (unpaired) electrons. The van der Waals surface area contributed by atoms with E-state index in [1.807, 2.05) is 6.08 Å². The van der Waals surface area contributed by atoms with Crippen LogP contribution in [-0.4, -0.2) is 37.2 Å². The van der Waals surface area contributed by atoms with Crippen LogP contribution in [0.2, 0.25) is 0 Å². The second-order valence-corrected chi connectivity index (χ2v) is 16.0. The third-order valence-electron chi connectivity index (χ3n) is 10.1. The molecule has 0 aliphatic rings. The van der Waals surface area contributed by atoms with Crippen molar-refractivity contribution in [1.82, 2.24) is 0 Å². The van der Waals surface area contributed by atoms with Gasteiger partial charge in [-0.15, -0.1) is 0 Å². The normalized spacial score (nSPS) is 12.9. The van der Waals surface area contributed by atoms with Crippen molar-refractivity contribution in [2.75, 3.05) is 13.2 Å². The zero-order chi connectivity index (χ0) is 44.4. The standard InChI is InChI=1S/C55H90O6/c1-4-7-10-13-16-19-22-25-27-30-33-36-39-42-45-48-54(57)60-51-52(50-59-53(56)47-44-41-38-35-32-29-24-21-18-15-12-9-6-3)61-55(58)49-46-43-40-37-34-31-28-26-23-20-17-14-11-8-5-2/h7,10,12,15-16,19,21,24-28,33,36,42,45,52H,4-6,8-9,11,13-14,17-18,20,22-23,29-32,34-35,37-41,43-44,46-51H2,1-3H3/b10-7-,15-12-,19-16-,24-21-,27-25-,28-26-,36-33-,45-42-. The fraction of sp³-hybridized carbons (Fsp3) is 0.655. The van der Waals surface area contributed by atoms with Gasteiger partial charge in [-0.2, -0.15) is 0 Å². The van der Waals surface area contributed by atoms with E-state index in [1.54, 1.807) is 6.08 Å². The minimum Gasteiger partial charge on any atom is -0.462 e. The van der Waals surface area contributed by atoms with Crippen LogP contribution < -0.4 is 0 Å². The van der Waals surface area contributed by atoms with Crippen LogP contribution >= 0.6 is 0 Å². The number of ether oxygens (including phenoxy) is 3. The molecule has 6 nitrogen and oxygen atoms in total. The Morgan fingerprint density at radius 1 is 0.361 bits per heavy atom. The Bertz CT molecular complexity index is 1250. The molecule has 6 heteroatoms. The lowest BCUT2D eigenvalue weighted by atomic mass is 10.1. The average Bonchev–Trinajstić information content (AvgIpc) is 3.26. The molecule has 61 heavy (non-hydrogen) atoms. The summed E-state index contributed by atoms with van der Waals surface area (Å²) < 4.78 is 16.6. The van der Waals surface area contributed by atoms with Gasteiger partial charge in [0, 0.05) is 12.8 Å².